The molecule has 1 N–H and O–H groups in total. The molecule has 0 radical (unpaired) electrons. The summed E-state index contributed by atoms with van der Waals surface area (Å²) in [5, 5.41) is 3.42. The van der Waals surface area contributed by atoms with Gasteiger partial charge in [0.1, 0.15) is 5.82 Å². The number of benzene rings is 2. The number of hydrogen-bond donors (Lipinski definition) is 1. The van der Waals surface area contributed by atoms with E-state index in [0.29, 0.717) is 5.92 Å². The van der Waals surface area contributed by atoms with Crippen LogP contribution >= 0.6 is 0 Å². The number of nitrogens with one attached hydrogen (secondary N) is 1. The summed E-state index contributed by atoms with van der Waals surface area (Å²) >= 11 is 0. The first-order chi connectivity index (χ1) is 10.2. The lowest BCUT2D eigenvalue weighted by molar-refractivity contribution is 0.189. The van der Waals surface area contributed by atoms with Crippen molar-refractivity contribution < 1.29 is 4.39 Å². The molecule has 0 unspecified atom stereocenters. The summed E-state index contributed by atoms with van der Waals surface area (Å²) in [6, 6.07) is 17.8. The lowest BCUT2D eigenvalue weighted by Crippen LogP contribution is -2.48. The molecular weight excluding hydrogens is 261 g/mol. The molecule has 0 aliphatic heterocycles. The standard InChI is InChI=1S/C19H22FN/c1-2-21-14-19(17-10-6-7-11-18(17)20)12-16(13-19)15-8-4-3-5-9-15/h3-11,16,21H,2,12-14H2,1H3. The largest absolute Gasteiger partial charge is 0.316 e. The van der Waals surface area contributed by atoms with E-state index in [4.69, 9.17) is 0 Å². The molecule has 0 atom stereocenters. The first-order valence-electron chi connectivity index (χ1n) is 7.76. The van der Waals surface area contributed by atoms with Gasteiger partial charge in [0.2, 0.25) is 0 Å². The Bertz CT molecular complexity index is 588. The van der Waals surface area contributed by atoms with Crippen molar-refractivity contribution in [3.8, 4) is 0 Å². The van der Waals surface area contributed by atoms with Gasteiger partial charge in [0.15, 0.2) is 0 Å². The van der Waals surface area contributed by atoms with Crippen LogP contribution in [-0.4, -0.2) is 13.1 Å². The average molecular weight is 283 g/mol. The number of halogens is 1. The SMILES string of the molecule is CCNCC1(c2ccccc2F)CC(c2ccccc2)C1. The number of likely N-dealkylation sites (N-methyl/N-ethyl adjacent to an activating group) is 1. The molecule has 1 nitrogen and oxygen atoms in total. The fourth-order valence-corrected chi connectivity index (χ4v) is 3.56. The van der Waals surface area contributed by atoms with Crippen LogP contribution in [0.5, 0.6) is 0 Å². The maximum absolute atomic E-state index is 14.2. The van der Waals surface area contributed by atoms with Crippen LogP contribution in [0.15, 0.2) is 54.6 Å². The first kappa shape index (κ1) is 14.3. The minimum atomic E-state index is -0.0677. The smallest absolute Gasteiger partial charge is 0.127 e. The van der Waals surface area contributed by atoms with Crippen molar-refractivity contribution in [2.75, 3.05) is 13.1 Å². The van der Waals surface area contributed by atoms with E-state index in [2.05, 4.69) is 36.5 Å². The van der Waals surface area contributed by atoms with E-state index in [1.54, 1.807) is 12.1 Å². The molecule has 2 heteroatoms. The van der Waals surface area contributed by atoms with E-state index in [0.717, 1.165) is 31.5 Å². The number of hydrogen-bond acceptors (Lipinski definition) is 1. The molecule has 0 spiro atoms. The van der Waals surface area contributed by atoms with Crippen LogP contribution in [0, 0.1) is 5.82 Å². The number of rotatable bonds is 5. The molecule has 21 heavy (non-hydrogen) atoms. The predicted octanol–water partition coefficient (Wildman–Crippen LogP) is 4.25. The van der Waals surface area contributed by atoms with Crippen LogP contribution in [0.1, 0.15) is 36.8 Å². The molecule has 2 aromatic carbocycles. The summed E-state index contributed by atoms with van der Waals surface area (Å²) in [5.74, 6) is 0.478. The fourth-order valence-electron chi connectivity index (χ4n) is 3.56. The molecule has 1 fully saturated rings. The van der Waals surface area contributed by atoms with Gasteiger partial charge < -0.3 is 5.32 Å². The molecule has 3 rings (SSSR count). The van der Waals surface area contributed by atoms with E-state index in [9.17, 15) is 4.39 Å². The van der Waals surface area contributed by atoms with Crippen LogP contribution < -0.4 is 5.32 Å². The van der Waals surface area contributed by atoms with Crippen LogP contribution in [0.25, 0.3) is 0 Å². The van der Waals surface area contributed by atoms with Gasteiger partial charge in [-0.25, -0.2) is 4.39 Å². The molecule has 0 bridgehead atoms. The van der Waals surface area contributed by atoms with Gasteiger partial charge in [0, 0.05) is 12.0 Å². The summed E-state index contributed by atoms with van der Waals surface area (Å²) in [7, 11) is 0. The first-order valence-corrected chi connectivity index (χ1v) is 7.76. The van der Waals surface area contributed by atoms with Crippen molar-refractivity contribution in [1.29, 1.82) is 0 Å². The third-order valence-electron chi connectivity index (χ3n) is 4.70. The highest BCUT2D eigenvalue weighted by molar-refractivity contribution is 5.36. The molecule has 0 aromatic heterocycles. The van der Waals surface area contributed by atoms with Crippen molar-refractivity contribution in [3.05, 3.63) is 71.5 Å². The zero-order valence-corrected chi connectivity index (χ0v) is 12.5. The second kappa shape index (κ2) is 5.98. The Morgan fingerprint density at radius 1 is 1.05 bits per heavy atom. The maximum atomic E-state index is 14.2. The second-order valence-corrected chi connectivity index (χ2v) is 6.06. The minimum Gasteiger partial charge on any atom is -0.316 e. The van der Waals surface area contributed by atoms with Gasteiger partial charge in [0.25, 0.3) is 0 Å². The topological polar surface area (TPSA) is 12.0 Å². The quantitative estimate of drug-likeness (QED) is 0.865. The van der Waals surface area contributed by atoms with E-state index < -0.39 is 0 Å². The summed E-state index contributed by atoms with van der Waals surface area (Å²) in [6.45, 7) is 3.88. The van der Waals surface area contributed by atoms with E-state index >= 15 is 0 Å². The van der Waals surface area contributed by atoms with Crippen LogP contribution in [-0.2, 0) is 5.41 Å². The molecule has 0 heterocycles. The highest BCUT2D eigenvalue weighted by atomic mass is 19.1. The molecular formula is C19H22FN. The third-order valence-corrected chi connectivity index (χ3v) is 4.70. The fraction of sp³-hybridized carbons (Fsp3) is 0.368. The predicted molar refractivity (Wildman–Crippen MR) is 85.0 cm³/mol. The lowest BCUT2D eigenvalue weighted by atomic mass is 9.56. The van der Waals surface area contributed by atoms with Gasteiger partial charge >= 0.3 is 0 Å². The average Bonchev–Trinajstić information content (AvgIpc) is 2.48. The van der Waals surface area contributed by atoms with E-state index in [-0.39, 0.29) is 11.2 Å². The lowest BCUT2D eigenvalue weighted by Gasteiger charge is -2.49. The Morgan fingerprint density at radius 2 is 1.71 bits per heavy atom. The highest BCUT2D eigenvalue weighted by Crippen LogP contribution is 2.52. The summed E-state index contributed by atoms with van der Waals surface area (Å²) < 4.78 is 14.2. The van der Waals surface area contributed by atoms with Gasteiger partial charge in [0.05, 0.1) is 0 Å². The zero-order chi connectivity index (χ0) is 14.7. The Kier molecular flexibility index (Phi) is 4.07. The Morgan fingerprint density at radius 3 is 2.38 bits per heavy atom. The van der Waals surface area contributed by atoms with Gasteiger partial charge in [-0.15, -0.1) is 0 Å². The molecule has 1 aliphatic rings. The molecule has 0 saturated heterocycles. The summed E-state index contributed by atoms with van der Waals surface area (Å²) in [5.41, 5.74) is 2.20. The van der Waals surface area contributed by atoms with Crippen molar-refractivity contribution >= 4 is 0 Å². The second-order valence-electron chi connectivity index (χ2n) is 6.06. The van der Waals surface area contributed by atoms with Crippen LogP contribution in [0.4, 0.5) is 4.39 Å². The monoisotopic (exact) mass is 283 g/mol. The Labute approximate surface area is 126 Å². The Hall–Kier alpha value is -1.67. The van der Waals surface area contributed by atoms with Gasteiger partial charge in [-0.2, -0.15) is 0 Å². The molecule has 2 aromatic rings. The van der Waals surface area contributed by atoms with E-state index in [1.165, 1.54) is 5.56 Å². The molecule has 0 amide bonds. The normalized spacial score (nSPS) is 24.6. The Balaban J connectivity index is 1.83. The van der Waals surface area contributed by atoms with Crippen molar-refractivity contribution in [2.45, 2.75) is 31.1 Å². The van der Waals surface area contributed by atoms with Crippen molar-refractivity contribution in [1.82, 2.24) is 5.32 Å². The molecule has 1 aliphatic carbocycles. The maximum Gasteiger partial charge on any atom is 0.127 e. The van der Waals surface area contributed by atoms with Gasteiger partial charge in [-0.3, -0.25) is 0 Å². The highest BCUT2D eigenvalue weighted by Gasteiger charge is 2.46. The van der Waals surface area contributed by atoms with Crippen molar-refractivity contribution in [2.24, 2.45) is 0 Å². The zero-order valence-electron chi connectivity index (χ0n) is 12.5. The van der Waals surface area contributed by atoms with Crippen molar-refractivity contribution in [3.63, 3.8) is 0 Å². The third kappa shape index (κ3) is 2.73. The molecule has 110 valence electrons. The minimum absolute atomic E-state index is 0.0537. The molecule has 1 saturated carbocycles. The van der Waals surface area contributed by atoms with Crippen LogP contribution in [0.2, 0.25) is 0 Å². The van der Waals surface area contributed by atoms with Gasteiger partial charge in [-0.1, -0.05) is 55.5 Å². The summed E-state index contributed by atoms with van der Waals surface area (Å²) in [6.07, 6.45) is 2.04. The van der Waals surface area contributed by atoms with Gasteiger partial charge in [-0.05, 0) is 42.5 Å². The summed E-state index contributed by atoms with van der Waals surface area (Å²) in [4.78, 5) is 0. The van der Waals surface area contributed by atoms with Crippen LogP contribution in [0.3, 0.4) is 0 Å². The van der Waals surface area contributed by atoms with E-state index in [1.807, 2.05) is 18.2 Å².